The van der Waals surface area contributed by atoms with Crippen molar-refractivity contribution >= 4 is 23.5 Å². The molecular weight excluding hydrogens is 232 g/mol. The predicted octanol–water partition coefficient (Wildman–Crippen LogP) is -0.302. The summed E-state index contributed by atoms with van der Waals surface area (Å²) in [5.74, 6) is 1.06. The monoisotopic (exact) mass is 250 g/mol. The number of hydrogen-bond acceptors (Lipinski definition) is 6. The largest absolute Gasteiger partial charge is 0.383 e. The summed E-state index contributed by atoms with van der Waals surface area (Å²) in [4.78, 5) is 23.8. The van der Waals surface area contributed by atoms with Crippen LogP contribution in [0, 0.1) is 0 Å². The van der Waals surface area contributed by atoms with Gasteiger partial charge < -0.3 is 21.3 Å². The fourth-order valence-corrected chi connectivity index (χ4v) is 2.22. The van der Waals surface area contributed by atoms with Crippen LogP contribution >= 0.6 is 0 Å². The highest BCUT2D eigenvalue weighted by Gasteiger charge is 2.41. The molecular formula is C11H18N6O. The lowest BCUT2D eigenvalue weighted by molar-refractivity contribution is -0.136. The molecule has 18 heavy (non-hydrogen) atoms. The van der Waals surface area contributed by atoms with Crippen molar-refractivity contribution in [1.82, 2.24) is 14.9 Å². The third-order valence-corrected chi connectivity index (χ3v) is 3.23. The Hall–Kier alpha value is -2.05. The first-order valence-corrected chi connectivity index (χ1v) is 5.75. The molecule has 7 nitrogen and oxygen atoms in total. The van der Waals surface area contributed by atoms with E-state index in [2.05, 4.69) is 9.97 Å². The maximum absolute atomic E-state index is 12.2. The Balaban J connectivity index is 2.41. The Kier molecular flexibility index (Phi) is 2.76. The average Bonchev–Trinajstić information content (AvgIpc) is 2.24. The van der Waals surface area contributed by atoms with Gasteiger partial charge in [0.2, 0.25) is 11.9 Å². The molecule has 4 N–H and O–H groups in total. The van der Waals surface area contributed by atoms with Crippen molar-refractivity contribution in [2.24, 2.45) is 0 Å². The molecule has 0 aliphatic carbocycles. The second kappa shape index (κ2) is 4.01. The lowest BCUT2D eigenvalue weighted by Gasteiger charge is -2.45. The molecule has 1 aliphatic heterocycles. The van der Waals surface area contributed by atoms with Crippen LogP contribution in [0.1, 0.15) is 13.8 Å². The van der Waals surface area contributed by atoms with Crippen LogP contribution < -0.4 is 16.4 Å². The van der Waals surface area contributed by atoms with E-state index in [4.69, 9.17) is 11.5 Å². The minimum Gasteiger partial charge on any atom is -0.383 e. The van der Waals surface area contributed by atoms with E-state index in [1.165, 1.54) is 0 Å². The summed E-state index contributed by atoms with van der Waals surface area (Å²) in [6, 6.07) is 1.64. The van der Waals surface area contributed by atoms with E-state index in [9.17, 15) is 4.79 Å². The number of likely N-dealkylation sites (N-methyl/N-ethyl adjacent to an activating group) is 1. The number of aromatic nitrogens is 2. The first-order chi connectivity index (χ1) is 8.32. The van der Waals surface area contributed by atoms with Crippen LogP contribution in [0.5, 0.6) is 0 Å². The summed E-state index contributed by atoms with van der Waals surface area (Å²) in [7, 11) is 1.80. The molecule has 2 rings (SSSR count). The van der Waals surface area contributed by atoms with Gasteiger partial charge in [0, 0.05) is 26.2 Å². The van der Waals surface area contributed by atoms with Gasteiger partial charge in [-0.2, -0.15) is 9.97 Å². The van der Waals surface area contributed by atoms with Crippen LogP contribution in [0.4, 0.5) is 17.6 Å². The summed E-state index contributed by atoms with van der Waals surface area (Å²) in [6.45, 7) is 5.05. The zero-order valence-corrected chi connectivity index (χ0v) is 10.8. The van der Waals surface area contributed by atoms with E-state index in [-0.39, 0.29) is 11.9 Å². The van der Waals surface area contributed by atoms with E-state index in [1.54, 1.807) is 18.0 Å². The van der Waals surface area contributed by atoms with Gasteiger partial charge in [-0.15, -0.1) is 0 Å². The second-order valence-corrected chi connectivity index (χ2v) is 4.95. The number of carbonyl (C=O) groups is 1. The lowest BCUT2D eigenvalue weighted by atomic mass is 9.98. The number of nitrogens with two attached hydrogens (primary N) is 2. The van der Waals surface area contributed by atoms with Crippen LogP contribution in [-0.2, 0) is 4.79 Å². The van der Waals surface area contributed by atoms with Crippen LogP contribution in [0.3, 0.4) is 0 Å². The molecule has 0 aromatic carbocycles. The third kappa shape index (κ3) is 1.92. The van der Waals surface area contributed by atoms with Gasteiger partial charge in [-0.25, -0.2) is 0 Å². The van der Waals surface area contributed by atoms with Gasteiger partial charge in [-0.3, -0.25) is 4.79 Å². The molecule has 0 bridgehead atoms. The number of nitrogen functional groups attached to an aromatic ring is 2. The molecule has 2 heterocycles. The molecule has 7 heteroatoms. The summed E-state index contributed by atoms with van der Waals surface area (Å²) in [5, 5.41) is 0. The summed E-state index contributed by atoms with van der Waals surface area (Å²) in [5.41, 5.74) is 10.6. The standard InChI is InChI=1S/C11H18N6O/c1-11(2)9(18)16(3)4-5-17(11)8-6-7(12)14-10(13)15-8/h6H,4-5H2,1-3H3,(H4,12,13,14,15). The van der Waals surface area contributed by atoms with E-state index < -0.39 is 5.54 Å². The van der Waals surface area contributed by atoms with Crippen molar-refractivity contribution in [1.29, 1.82) is 0 Å². The van der Waals surface area contributed by atoms with Gasteiger partial charge in [-0.05, 0) is 13.8 Å². The lowest BCUT2D eigenvalue weighted by Crippen LogP contribution is -2.62. The summed E-state index contributed by atoms with van der Waals surface area (Å²) >= 11 is 0. The Morgan fingerprint density at radius 3 is 2.56 bits per heavy atom. The minimum atomic E-state index is -0.666. The predicted molar refractivity (Wildman–Crippen MR) is 69.9 cm³/mol. The van der Waals surface area contributed by atoms with Crippen LogP contribution in [0.2, 0.25) is 0 Å². The molecule has 98 valence electrons. The van der Waals surface area contributed by atoms with Crippen LogP contribution in [0.25, 0.3) is 0 Å². The molecule has 1 fully saturated rings. The average molecular weight is 250 g/mol. The fourth-order valence-electron chi connectivity index (χ4n) is 2.22. The first-order valence-electron chi connectivity index (χ1n) is 5.75. The molecule has 0 unspecified atom stereocenters. The number of piperazine rings is 1. The molecule has 1 aliphatic rings. The Morgan fingerprint density at radius 2 is 1.94 bits per heavy atom. The second-order valence-electron chi connectivity index (χ2n) is 4.95. The van der Waals surface area contributed by atoms with Crippen molar-refractivity contribution in [3.63, 3.8) is 0 Å². The summed E-state index contributed by atoms with van der Waals surface area (Å²) in [6.07, 6.45) is 0. The van der Waals surface area contributed by atoms with Gasteiger partial charge in [0.25, 0.3) is 0 Å². The molecule has 0 radical (unpaired) electrons. The van der Waals surface area contributed by atoms with Crippen molar-refractivity contribution in [3.05, 3.63) is 6.07 Å². The maximum atomic E-state index is 12.2. The highest BCUT2D eigenvalue weighted by molar-refractivity contribution is 5.90. The molecule has 0 spiro atoms. The Bertz CT molecular complexity index is 466. The van der Waals surface area contributed by atoms with E-state index in [0.717, 1.165) is 0 Å². The highest BCUT2D eigenvalue weighted by atomic mass is 16.2. The van der Waals surface area contributed by atoms with Crippen molar-refractivity contribution < 1.29 is 4.79 Å². The van der Waals surface area contributed by atoms with Gasteiger partial charge in [0.05, 0.1) is 0 Å². The topological polar surface area (TPSA) is 101 Å². The minimum absolute atomic E-state index is 0.0458. The normalized spacial score (nSPS) is 19.2. The van der Waals surface area contributed by atoms with Crippen LogP contribution in [0.15, 0.2) is 6.07 Å². The number of nitrogens with zero attached hydrogens (tertiary/aromatic N) is 4. The highest BCUT2D eigenvalue weighted by Crippen LogP contribution is 2.28. The number of amides is 1. The number of carbonyl (C=O) groups excluding carboxylic acids is 1. The molecule has 1 aromatic rings. The Morgan fingerprint density at radius 1 is 1.28 bits per heavy atom. The van der Waals surface area contributed by atoms with Crippen LogP contribution in [-0.4, -0.2) is 46.5 Å². The number of anilines is 3. The SMILES string of the molecule is CN1CCN(c2cc(N)nc(N)n2)C(C)(C)C1=O. The zero-order valence-electron chi connectivity index (χ0n) is 10.8. The molecule has 1 aromatic heterocycles. The van der Waals surface area contributed by atoms with Gasteiger partial charge >= 0.3 is 0 Å². The summed E-state index contributed by atoms with van der Waals surface area (Å²) < 4.78 is 0. The van der Waals surface area contributed by atoms with Crippen molar-refractivity contribution in [2.45, 2.75) is 19.4 Å². The number of hydrogen-bond donors (Lipinski definition) is 2. The maximum Gasteiger partial charge on any atom is 0.247 e. The molecule has 0 atom stereocenters. The zero-order chi connectivity index (χ0) is 13.5. The molecule has 1 amide bonds. The smallest absolute Gasteiger partial charge is 0.247 e. The molecule has 0 saturated carbocycles. The van der Waals surface area contributed by atoms with E-state index in [1.807, 2.05) is 18.7 Å². The van der Waals surface area contributed by atoms with Gasteiger partial charge in [0.15, 0.2) is 0 Å². The van der Waals surface area contributed by atoms with Crippen molar-refractivity contribution in [2.75, 3.05) is 36.5 Å². The quantitative estimate of drug-likeness (QED) is 0.709. The third-order valence-electron chi connectivity index (χ3n) is 3.23. The van der Waals surface area contributed by atoms with E-state index >= 15 is 0 Å². The van der Waals surface area contributed by atoms with E-state index in [0.29, 0.717) is 24.7 Å². The van der Waals surface area contributed by atoms with Gasteiger partial charge in [-0.1, -0.05) is 0 Å². The van der Waals surface area contributed by atoms with Gasteiger partial charge in [0.1, 0.15) is 17.2 Å². The first kappa shape index (κ1) is 12.4. The van der Waals surface area contributed by atoms with Crippen molar-refractivity contribution in [3.8, 4) is 0 Å². The fraction of sp³-hybridized carbons (Fsp3) is 0.545. The number of rotatable bonds is 1. The Labute approximate surface area is 106 Å². The molecule has 1 saturated heterocycles.